The van der Waals surface area contributed by atoms with Gasteiger partial charge in [0.1, 0.15) is 0 Å². The summed E-state index contributed by atoms with van der Waals surface area (Å²) in [5.41, 5.74) is 6.83. The van der Waals surface area contributed by atoms with Gasteiger partial charge in [-0.1, -0.05) is 13.0 Å². The van der Waals surface area contributed by atoms with Crippen LogP contribution in [0, 0.1) is 5.41 Å². The Bertz CT molecular complexity index is 430. The fourth-order valence-corrected chi connectivity index (χ4v) is 2.43. The van der Waals surface area contributed by atoms with E-state index in [1.165, 1.54) is 0 Å². The number of carbonyl (C=O) groups is 1. The second-order valence-corrected chi connectivity index (χ2v) is 5.53. The van der Waals surface area contributed by atoms with Crippen LogP contribution in [-0.2, 0) is 4.79 Å². The first kappa shape index (κ1) is 19.2. The molecule has 0 aliphatic carbocycles. The molecule has 0 radical (unpaired) electrons. The minimum atomic E-state index is -0.126. The van der Waals surface area contributed by atoms with Gasteiger partial charge in [0.25, 0.3) is 0 Å². The fraction of sp³-hybridized carbons (Fsp3) is 0.571. The molecule has 2 heterocycles. The number of carbonyl (C=O) groups excluding carboxylic acids is 1. The van der Waals surface area contributed by atoms with E-state index in [1.54, 1.807) is 12.4 Å². The maximum Gasteiger partial charge on any atom is 0.229 e. The van der Waals surface area contributed by atoms with Crippen LogP contribution in [0.2, 0.25) is 0 Å². The molecule has 20 heavy (non-hydrogen) atoms. The van der Waals surface area contributed by atoms with Gasteiger partial charge in [0.05, 0.1) is 5.92 Å². The number of halogens is 2. The molecule has 0 aromatic carbocycles. The van der Waals surface area contributed by atoms with E-state index in [1.807, 2.05) is 24.0 Å². The second-order valence-electron chi connectivity index (χ2n) is 5.53. The molecule has 2 atom stereocenters. The molecule has 1 fully saturated rings. The predicted molar refractivity (Wildman–Crippen MR) is 85.5 cm³/mol. The number of nitrogens with zero attached hydrogens (tertiary/aromatic N) is 2. The van der Waals surface area contributed by atoms with E-state index < -0.39 is 0 Å². The molecule has 2 rings (SSSR count). The van der Waals surface area contributed by atoms with E-state index in [0.29, 0.717) is 6.54 Å². The average Bonchev–Trinajstić information content (AvgIpc) is 2.81. The van der Waals surface area contributed by atoms with Gasteiger partial charge in [-0.3, -0.25) is 9.78 Å². The van der Waals surface area contributed by atoms with Gasteiger partial charge in [0.15, 0.2) is 0 Å². The van der Waals surface area contributed by atoms with Crippen LogP contribution >= 0.6 is 24.8 Å². The maximum absolute atomic E-state index is 12.4. The largest absolute Gasteiger partial charge is 0.342 e. The molecule has 0 spiro atoms. The lowest BCUT2D eigenvalue weighted by Gasteiger charge is -2.24. The topological polar surface area (TPSA) is 59.2 Å². The highest BCUT2D eigenvalue weighted by Crippen LogP contribution is 2.30. The summed E-state index contributed by atoms with van der Waals surface area (Å²) < 4.78 is 0. The monoisotopic (exact) mass is 319 g/mol. The molecular weight excluding hydrogens is 297 g/mol. The number of pyridine rings is 1. The third-order valence-corrected chi connectivity index (χ3v) is 3.92. The average molecular weight is 320 g/mol. The number of likely N-dealkylation sites (tertiary alicyclic amines) is 1. The van der Waals surface area contributed by atoms with Gasteiger partial charge in [0, 0.05) is 25.5 Å². The first-order valence-electron chi connectivity index (χ1n) is 6.44. The van der Waals surface area contributed by atoms with Crippen molar-refractivity contribution < 1.29 is 4.79 Å². The van der Waals surface area contributed by atoms with Crippen LogP contribution in [0.4, 0.5) is 0 Å². The molecule has 114 valence electrons. The number of nitrogens with two attached hydrogens (primary N) is 1. The highest BCUT2D eigenvalue weighted by atomic mass is 35.5. The number of rotatable bonds is 3. The van der Waals surface area contributed by atoms with Crippen molar-refractivity contribution in [3.8, 4) is 0 Å². The van der Waals surface area contributed by atoms with Gasteiger partial charge in [0.2, 0.25) is 5.91 Å². The summed E-state index contributed by atoms with van der Waals surface area (Å²) in [5.74, 6) is 0.0546. The van der Waals surface area contributed by atoms with Crippen molar-refractivity contribution in [1.29, 1.82) is 0 Å². The van der Waals surface area contributed by atoms with E-state index in [-0.39, 0.29) is 42.1 Å². The van der Waals surface area contributed by atoms with Crippen molar-refractivity contribution in [3.63, 3.8) is 0 Å². The summed E-state index contributed by atoms with van der Waals surface area (Å²) >= 11 is 0. The first-order chi connectivity index (χ1) is 8.56. The van der Waals surface area contributed by atoms with Crippen molar-refractivity contribution in [2.24, 2.45) is 11.1 Å². The van der Waals surface area contributed by atoms with Crippen molar-refractivity contribution in [2.75, 3.05) is 19.6 Å². The molecule has 1 aromatic heterocycles. The van der Waals surface area contributed by atoms with Crippen LogP contribution in [0.25, 0.3) is 0 Å². The van der Waals surface area contributed by atoms with Crippen molar-refractivity contribution in [3.05, 3.63) is 30.1 Å². The first-order valence-corrected chi connectivity index (χ1v) is 6.44. The predicted octanol–water partition coefficient (Wildman–Crippen LogP) is 2.23. The zero-order valence-electron chi connectivity index (χ0n) is 11.9. The number of hydrogen-bond acceptors (Lipinski definition) is 3. The number of amides is 1. The van der Waals surface area contributed by atoms with E-state index in [2.05, 4.69) is 11.9 Å². The zero-order valence-corrected chi connectivity index (χ0v) is 13.5. The molecule has 1 amide bonds. The second kappa shape index (κ2) is 7.81. The fourth-order valence-electron chi connectivity index (χ4n) is 2.43. The lowest BCUT2D eigenvalue weighted by Crippen LogP contribution is -2.36. The van der Waals surface area contributed by atoms with E-state index >= 15 is 0 Å². The zero-order chi connectivity index (χ0) is 13.2. The van der Waals surface area contributed by atoms with E-state index in [0.717, 1.165) is 25.1 Å². The third-order valence-electron chi connectivity index (χ3n) is 3.92. The van der Waals surface area contributed by atoms with Crippen LogP contribution in [0.5, 0.6) is 0 Å². The Kier molecular flexibility index (Phi) is 7.49. The summed E-state index contributed by atoms with van der Waals surface area (Å²) in [6, 6.07) is 3.82. The molecule has 0 bridgehead atoms. The van der Waals surface area contributed by atoms with Crippen LogP contribution in [0.15, 0.2) is 24.5 Å². The summed E-state index contributed by atoms with van der Waals surface area (Å²) in [5, 5.41) is 0. The highest BCUT2D eigenvalue weighted by Gasteiger charge is 2.36. The van der Waals surface area contributed by atoms with Gasteiger partial charge in [-0.05, 0) is 36.9 Å². The summed E-state index contributed by atoms with van der Waals surface area (Å²) in [6.45, 7) is 6.31. The number of hydrogen-bond donors (Lipinski definition) is 1. The molecule has 1 aliphatic heterocycles. The Labute approximate surface area is 132 Å². The Balaban J connectivity index is 0.00000180. The lowest BCUT2D eigenvalue weighted by atomic mass is 9.90. The molecule has 4 nitrogen and oxygen atoms in total. The summed E-state index contributed by atoms with van der Waals surface area (Å²) in [4.78, 5) is 18.4. The van der Waals surface area contributed by atoms with E-state index in [9.17, 15) is 4.79 Å². The van der Waals surface area contributed by atoms with E-state index in [4.69, 9.17) is 5.73 Å². The van der Waals surface area contributed by atoms with Crippen molar-refractivity contribution >= 4 is 30.7 Å². The molecule has 1 aliphatic rings. The molecular formula is C14H23Cl2N3O. The van der Waals surface area contributed by atoms with Gasteiger partial charge < -0.3 is 10.6 Å². The van der Waals surface area contributed by atoms with Gasteiger partial charge in [-0.2, -0.15) is 0 Å². The van der Waals surface area contributed by atoms with Gasteiger partial charge in [-0.15, -0.1) is 24.8 Å². The van der Waals surface area contributed by atoms with Crippen LogP contribution < -0.4 is 5.73 Å². The van der Waals surface area contributed by atoms with Gasteiger partial charge in [-0.25, -0.2) is 0 Å². The lowest BCUT2D eigenvalue weighted by molar-refractivity contribution is -0.131. The van der Waals surface area contributed by atoms with Crippen molar-refractivity contribution in [2.45, 2.75) is 26.2 Å². The highest BCUT2D eigenvalue weighted by molar-refractivity contribution is 5.85. The molecule has 2 unspecified atom stereocenters. The van der Waals surface area contributed by atoms with Crippen molar-refractivity contribution in [1.82, 2.24) is 9.88 Å². The van der Waals surface area contributed by atoms with Crippen LogP contribution in [0.1, 0.15) is 31.7 Å². The Morgan fingerprint density at radius 3 is 2.75 bits per heavy atom. The molecule has 2 N–H and O–H groups in total. The minimum Gasteiger partial charge on any atom is -0.342 e. The summed E-state index contributed by atoms with van der Waals surface area (Å²) in [6.07, 6.45) is 4.48. The molecule has 1 saturated heterocycles. The normalized spacial score (nSPS) is 22.6. The molecule has 1 aromatic rings. The van der Waals surface area contributed by atoms with Gasteiger partial charge >= 0.3 is 0 Å². The quantitative estimate of drug-likeness (QED) is 0.929. The minimum absolute atomic E-state index is 0. The SMILES string of the molecule is CC(C(=O)N1CCC(C)(CN)C1)c1cccnc1.Cl.Cl. The standard InChI is InChI=1S/C14H21N3O.2ClH/c1-11(12-4-3-6-16-8-12)13(18)17-7-5-14(2,9-15)10-17;;/h3-4,6,8,11H,5,7,9-10,15H2,1-2H3;2*1H. The third kappa shape index (κ3) is 4.08. The Morgan fingerprint density at radius 2 is 2.25 bits per heavy atom. The number of aromatic nitrogens is 1. The Morgan fingerprint density at radius 1 is 1.55 bits per heavy atom. The summed E-state index contributed by atoms with van der Waals surface area (Å²) in [7, 11) is 0. The Hall–Kier alpha value is -0.840. The maximum atomic E-state index is 12.4. The molecule has 6 heteroatoms. The smallest absolute Gasteiger partial charge is 0.229 e. The van der Waals surface area contributed by atoms with Crippen LogP contribution in [0.3, 0.4) is 0 Å². The van der Waals surface area contributed by atoms with Crippen LogP contribution in [-0.4, -0.2) is 35.4 Å². The molecule has 0 saturated carbocycles.